The molecule has 0 rings (SSSR count). The van der Waals surface area contributed by atoms with Crippen molar-refractivity contribution >= 4 is 5.91 Å². The number of amides is 1. The van der Waals surface area contributed by atoms with Crippen LogP contribution in [0.1, 0.15) is 26.7 Å². The number of halogens is 9. The Hall–Kier alpha value is -1.16. The first-order valence-electron chi connectivity index (χ1n) is 6.18. The minimum Gasteiger partial charge on any atom is -0.341 e. The Kier molecular flexibility index (Phi) is 6.19. The Morgan fingerprint density at radius 2 is 1.00 bits per heavy atom. The van der Waals surface area contributed by atoms with Gasteiger partial charge in [-0.3, -0.25) is 4.79 Å². The van der Waals surface area contributed by atoms with Crippen LogP contribution < -0.4 is 0 Å². The summed E-state index contributed by atoms with van der Waals surface area (Å²) in [6, 6.07) is 0. The normalized spacial score (nSPS) is 14.1. The molecule has 0 radical (unpaired) electrons. The Morgan fingerprint density at radius 1 is 0.727 bits per heavy atom. The van der Waals surface area contributed by atoms with Crippen LogP contribution in [0.5, 0.6) is 0 Å². The summed E-state index contributed by atoms with van der Waals surface area (Å²) >= 11 is 0. The van der Waals surface area contributed by atoms with Crippen molar-refractivity contribution in [3.8, 4) is 0 Å². The monoisotopic (exact) mass is 347 g/mol. The molecule has 2 nitrogen and oxygen atoms in total. The smallest absolute Gasteiger partial charge is 0.341 e. The minimum absolute atomic E-state index is 0.0472. The number of rotatable bonds is 5. The van der Waals surface area contributed by atoms with Crippen molar-refractivity contribution in [1.82, 2.24) is 4.90 Å². The quantitative estimate of drug-likeness (QED) is 0.679. The Balaban J connectivity index is 6.35. The van der Waals surface area contributed by atoms with E-state index in [-0.39, 0.29) is 17.7 Å². The largest absolute Gasteiger partial charge is 0.421 e. The van der Waals surface area contributed by atoms with E-state index in [1.807, 2.05) is 0 Å². The lowest BCUT2D eigenvalue weighted by atomic mass is 9.83. The van der Waals surface area contributed by atoms with Crippen molar-refractivity contribution in [2.75, 3.05) is 13.1 Å². The molecule has 0 aromatic rings. The zero-order valence-corrected chi connectivity index (χ0v) is 11.6. The van der Waals surface area contributed by atoms with Crippen LogP contribution in [0.2, 0.25) is 0 Å². The first-order valence-corrected chi connectivity index (χ1v) is 6.18. The van der Waals surface area contributed by atoms with Gasteiger partial charge in [-0.2, -0.15) is 39.5 Å². The van der Waals surface area contributed by atoms with Gasteiger partial charge < -0.3 is 4.90 Å². The summed E-state index contributed by atoms with van der Waals surface area (Å²) in [7, 11) is 0. The van der Waals surface area contributed by atoms with Gasteiger partial charge in [-0.1, -0.05) is 13.8 Å². The molecule has 0 aromatic carbocycles. The van der Waals surface area contributed by atoms with Gasteiger partial charge in [0.1, 0.15) is 0 Å². The summed E-state index contributed by atoms with van der Waals surface area (Å²) in [4.78, 5) is 11.6. The van der Waals surface area contributed by atoms with Gasteiger partial charge in [-0.15, -0.1) is 0 Å². The maximum absolute atomic E-state index is 12.8. The molecule has 0 bridgehead atoms. The fourth-order valence-electron chi connectivity index (χ4n) is 1.94. The van der Waals surface area contributed by atoms with E-state index >= 15 is 0 Å². The Labute approximate surface area is 120 Å². The topological polar surface area (TPSA) is 20.3 Å². The summed E-state index contributed by atoms with van der Waals surface area (Å²) in [6.45, 7) is 1.34. The average molecular weight is 347 g/mol. The zero-order chi connectivity index (χ0) is 18.0. The molecule has 11 heteroatoms. The van der Waals surface area contributed by atoms with Gasteiger partial charge in [-0.05, 0) is 12.8 Å². The average Bonchev–Trinajstić information content (AvgIpc) is 2.22. The standard InChI is InChI=1S/C11H14F9NO/c1-3-5-21(6-4-2)7(22)8(9(12,13)14,10(15,16)17)11(18,19)20/h3-6H2,1-2H3. The van der Waals surface area contributed by atoms with Crippen molar-refractivity contribution in [2.45, 2.75) is 45.2 Å². The van der Waals surface area contributed by atoms with Crippen LogP contribution in [0.3, 0.4) is 0 Å². The van der Waals surface area contributed by atoms with E-state index in [1.54, 1.807) is 0 Å². The van der Waals surface area contributed by atoms with E-state index in [2.05, 4.69) is 0 Å². The van der Waals surface area contributed by atoms with Crippen LogP contribution in [0.25, 0.3) is 0 Å². The lowest BCUT2D eigenvalue weighted by molar-refractivity contribution is -0.409. The maximum atomic E-state index is 12.8. The third kappa shape index (κ3) is 3.43. The fraction of sp³-hybridized carbons (Fsp3) is 0.909. The van der Waals surface area contributed by atoms with Crippen LogP contribution >= 0.6 is 0 Å². The van der Waals surface area contributed by atoms with Gasteiger partial charge in [0.05, 0.1) is 0 Å². The number of carbonyl (C=O) groups excluding carboxylic acids is 1. The van der Waals surface area contributed by atoms with Gasteiger partial charge in [0.2, 0.25) is 0 Å². The highest BCUT2D eigenvalue weighted by atomic mass is 19.4. The first kappa shape index (κ1) is 20.8. The summed E-state index contributed by atoms with van der Waals surface area (Å²) in [5.41, 5.74) is -6.42. The number of carbonyl (C=O) groups is 1. The SMILES string of the molecule is CCCN(CCC)C(=O)C(C(F)(F)F)(C(F)(F)F)C(F)(F)F. The number of nitrogens with zero attached hydrogens (tertiary/aromatic N) is 1. The van der Waals surface area contributed by atoms with Gasteiger partial charge in [0.15, 0.2) is 0 Å². The van der Waals surface area contributed by atoms with Crippen molar-refractivity contribution in [1.29, 1.82) is 0 Å². The van der Waals surface area contributed by atoms with Gasteiger partial charge in [0.25, 0.3) is 5.91 Å². The minimum atomic E-state index is -6.86. The summed E-state index contributed by atoms with van der Waals surface area (Å²) < 4.78 is 115. The Bertz CT molecular complexity index is 340. The summed E-state index contributed by atoms with van der Waals surface area (Å²) in [5, 5.41) is 0. The first-order chi connectivity index (χ1) is 9.68. The number of hydrogen-bond acceptors (Lipinski definition) is 1. The Morgan fingerprint density at radius 3 is 1.18 bits per heavy atom. The molecular formula is C11H14F9NO. The molecule has 0 heterocycles. The van der Waals surface area contributed by atoms with E-state index in [4.69, 9.17) is 0 Å². The van der Waals surface area contributed by atoms with E-state index in [0.29, 0.717) is 0 Å². The number of alkyl halides is 9. The molecule has 0 atom stereocenters. The molecule has 0 saturated heterocycles. The predicted octanol–water partition coefficient (Wildman–Crippen LogP) is 4.31. The maximum Gasteiger partial charge on any atom is 0.421 e. The third-order valence-electron chi connectivity index (χ3n) is 2.87. The van der Waals surface area contributed by atoms with Gasteiger partial charge in [-0.25, -0.2) is 0 Å². The molecule has 0 aliphatic rings. The molecule has 22 heavy (non-hydrogen) atoms. The molecule has 0 aliphatic heterocycles. The van der Waals surface area contributed by atoms with Crippen molar-refractivity contribution in [2.24, 2.45) is 5.41 Å². The molecule has 0 aliphatic carbocycles. The highest BCUT2D eigenvalue weighted by Gasteiger charge is 2.88. The number of hydrogen-bond donors (Lipinski definition) is 0. The van der Waals surface area contributed by atoms with Crippen LogP contribution in [0, 0.1) is 5.41 Å². The molecule has 0 N–H and O–H groups in total. The molecular weight excluding hydrogens is 333 g/mol. The second-order valence-corrected chi connectivity index (χ2v) is 4.54. The molecule has 132 valence electrons. The van der Waals surface area contributed by atoms with Crippen molar-refractivity contribution in [3.63, 3.8) is 0 Å². The van der Waals surface area contributed by atoms with Gasteiger partial charge >= 0.3 is 23.9 Å². The second kappa shape index (κ2) is 6.53. The van der Waals surface area contributed by atoms with Crippen LogP contribution in [-0.2, 0) is 4.79 Å². The van der Waals surface area contributed by atoms with E-state index in [1.165, 1.54) is 13.8 Å². The molecule has 0 spiro atoms. The van der Waals surface area contributed by atoms with Gasteiger partial charge in [0, 0.05) is 13.1 Å². The summed E-state index contributed by atoms with van der Waals surface area (Å²) in [5.74, 6) is -3.04. The highest BCUT2D eigenvalue weighted by Crippen LogP contribution is 2.60. The molecule has 0 aromatic heterocycles. The molecule has 1 amide bonds. The summed E-state index contributed by atoms with van der Waals surface area (Å²) in [6.07, 6.45) is -20.8. The second-order valence-electron chi connectivity index (χ2n) is 4.54. The van der Waals surface area contributed by atoms with E-state index in [0.717, 1.165) is 0 Å². The lowest BCUT2D eigenvalue weighted by Gasteiger charge is -2.40. The van der Waals surface area contributed by atoms with Crippen LogP contribution in [0.15, 0.2) is 0 Å². The van der Waals surface area contributed by atoms with E-state index in [9.17, 15) is 44.3 Å². The molecule has 0 unspecified atom stereocenters. The zero-order valence-electron chi connectivity index (χ0n) is 11.6. The highest BCUT2D eigenvalue weighted by molar-refractivity contribution is 5.85. The van der Waals surface area contributed by atoms with Crippen molar-refractivity contribution in [3.05, 3.63) is 0 Å². The van der Waals surface area contributed by atoms with Crippen molar-refractivity contribution < 1.29 is 44.3 Å². The fourth-order valence-corrected chi connectivity index (χ4v) is 1.94. The molecule has 0 saturated carbocycles. The lowest BCUT2D eigenvalue weighted by Crippen LogP contribution is -2.67. The predicted molar refractivity (Wildman–Crippen MR) is 57.8 cm³/mol. The third-order valence-corrected chi connectivity index (χ3v) is 2.87. The molecule has 0 fully saturated rings. The van der Waals surface area contributed by atoms with E-state index < -0.39 is 42.9 Å². The van der Waals surface area contributed by atoms with Crippen LogP contribution in [0.4, 0.5) is 39.5 Å². The van der Waals surface area contributed by atoms with Crippen LogP contribution in [-0.4, -0.2) is 42.4 Å².